The van der Waals surface area contributed by atoms with Gasteiger partial charge in [-0.15, -0.1) is 0 Å². The molecule has 0 fully saturated rings. The van der Waals surface area contributed by atoms with Crippen molar-refractivity contribution in [2.45, 2.75) is 13.3 Å². The van der Waals surface area contributed by atoms with Gasteiger partial charge in [0.2, 0.25) is 0 Å². The van der Waals surface area contributed by atoms with Gasteiger partial charge in [-0.1, -0.05) is 33.6 Å². The quantitative estimate of drug-likeness (QED) is 0.758. The Hall–Kier alpha value is -0.830. The highest BCUT2D eigenvalue weighted by atomic mass is 79.9. The summed E-state index contributed by atoms with van der Waals surface area (Å²) < 4.78 is 5.39. The Morgan fingerprint density at radius 3 is 2.57 bits per heavy atom. The predicted octanol–water partition coefficient (Wildman–Crippen LogP) is 2.73. The third-order valence-electron chi connectivity index (χ3n) is 1.82. The molecule has 0 saturated heterocycles. The van der Waals surface area contributed by atoms with E-state index >= 15 is 0 Å². The zero-order chi connectivity index (χ0) is 10.4. The maximum Gasteiger partial charge on any atom is 0.146 e. The zero-order valence-electron chi connectivity index (χ0n) is 8.13. The van der Waals surface area contributed by atoms with E-state index in [-0.39, 0.29) is 5.78 Å². The smallest absolute Gasteiger partial charge is 0.146 e. The molecule has 0 unspecified atom stereocenters. The first-order valence-electron chi connectivity index (χ1n) is 4.49. The largest absolute Gasteiger partial charge is 0.493 e. The highest BCUT2D eigenvalue weighted by Gasteiger charge is 1.99. The monoisotopic (exact) mass is 256 g/mol. The number of carbonyl (C=O) groups is 1. The van der Waals surface area contributed by atoms with Crippen molar-refractivity contribution >= 4 is 21.7 Å². The third kappa shape index (κ3) is 3.92. The second-order valence-electron chi connectivity index (χ2n) is 3.08. The Labute approximate surface area is 92.4 Å². The number of aryl methyl sites for hydroxylation is 1. The number of Topliss-reactive ketones (excluding diaryl/α,β-unsaturated/α-hetero) is 1. The Balaban J connectivity index is 2.31. The maximum atomic E-state index is 10.9. The molecule has 76 valence electrons. The molecule has 0 amide bonds. The lowest BCUT2D eigenvalue weighted by Gasteiger charge is -2.04. The minimum Gasteiger partial charge on any atom is -0.493 e. The number of rotatable bonds is 5. The summed E-state index contributed by atoms with van der Waals surface area (Å²) in [7, 11) is 0. The third-order valence-corrected chi connectivity index (χ3v) is 2.45. The highest BCUT2D eigenvalue weighted by Crippen LogP contribution is 2.11. The fraction of sp³-hybridized carbons (Fsp3) is 0.364. The summed E-state index contributed by atoms with van der Waals surface area (Å²) >= 11 is 3.11. The van der Waals surface area contributed by atoms with Crippen LogP contribution in [-0.2, 0) is 4.79 Å². The van der Waals surface area contributed by atoms with Crippen LogP contribution in [0, 0.1) is 6.92 Å². The lowest BCUT2D eigenvalue weighted by molar-refractivity contribution is -0.116. The molecule has 1 rings (SSSR count). The van der Waals surface area contributed by atoms with Gasteiger partial charge < -0.3 is 4.74 Å². The number of halogens is 1. The average Bonchev–Trinajstić information content (AvgIpc) is 2.21. The van der Waals surface area contributed by atoms with E-state index in [2.05, 4.69) is 15.9 Å². The molecule has 3 heteroatoms. The molecule has 0 aliphatic heterocycles. The molecule has 0 aliphatic rings. The van der Waals surface area contributed by atoms with Gasteiger partial charge in [-0.2, -0.15) is 0 Å². The number of benzene rings is 1. The van der Waals surface area contributed by atoms with E-state index in [4.69, 9.17) is 4.74 Å². The summed E-state index contributed by atoms with van der Waals surface area (Å²) in [5.41, 5.74) is 1.20. The molecule has 0 bridgehead atoms. The number of hydrogen-bond donors (Lipinski definition) is 0. The van der Waals surface area contributed by atoms with Gasteiger partial charge in [-0.25, -0.2) is 0 Å². The van der Waals surface area contributed by atoms with Gasteiger partial charge in [0.15, 0.2) is 0 Å². The lowest BCUT2D eigenvalue weighted by atomic mass is 10.2. The van der Waals surface area contributed by atoms with Gasteiger partial charge >= 0.3 is 0 Å². The highest BCUT2D eigenvalue weighted by molar-refractivity contribution is 9.09. The van der Waals surface area contributed by atoms with Crippen molar-refractivity contribution < 1.29 is 9.53 Å². The van der Waals surface area contributed by atoms with Crippen molar-refractivity contribution in [2.75, 3.05) is 11.9 Å². The molecule has 0 N–H and O–H groups in total. The van der Waals surface area contributed by atoms with E-state index < -0.39 is 0 Å². The Kier molecular flexibility index (Phi) is 4.66. The normalized spacial score (nSPS) is 9.86. The van der Waals surface area contributed by atoms with Crippen LogP contribution in [0.2, 0.25) is 0 Å². The number of alkyl halides is 1. The second kappa shape index (κ2) is 5.81. The standard InChI is InChI=1S/C11H13BrO2/c1-9-2-4-11(5-3-9)14-7-6-10(13)8-12/h2-5H,6-8H2,1H3. The number of hydrogen-bond acceptors (Lipinski definition) is 2. The molecule has 0 saturated carbocycles. The molecule has 1 aromatic carbocycles. The molecule has 0 aromatic heterocycles. The number of ketones is 1. The molecule has 0 atom stereocenters. The summed E-state index contributed by atoms with van der Waals surface area (Å²) in [6.45, 7) is 2.48. The van der Waals surface area contributed by atoms with Crippen molar-refractivity contribution in [1.29, 1.82) is 0 Å². The van der Waals surface area contributed by atoms with E-state index in [9.17, 15) is 4.79 Å². The van der Waals surface area contributed by atoms with Crippen molar-refractivity contribution in [3.8, 4) is 5.75 Å². The van der Waals surface area contributed by atoms with Gasteiger partial charge in [0.05, 0.1) is 11.9 Å². The summed E-state index contributed by atoms with van der Waals surface area (Å²) in [4.78, 5) is 10.9. The van der Waals surface area contributed by atoms with Crippen LogP contribution >= 0.6 is 15.9 Å². The van der Waals surface area contributed by atoms with E-state index in [0.717, 1.165) is 5.75 Å². The van der Waals surface area contributed by atoms with Gasteiger partial charge in [0.1, 0.15) is 11.5 Å². The maximum absolute atomic E-state index is 10.9. The predicted molar refractivity (Wildman–Crippen MR) is 60.1 cm³/mol. The molecule has 2 nitrogen and oxygen atoms in total. The Bertz CT molecular complexity index is 293. The van der Waals surface area contributed by atoms with Gasteiger partial charge in [0.25, 0.3) is 0 Å². The van der Waals surface area contributed by atoms with Gasteiger partial charge in [-0.05, 0) is 19.1 Å². The molecule has 0 heterocycles. The molecule has 0 aliphatic carbocycles. The number of ether oxygens (including phenoxy) is 1. The van der Waals surface area contributed by atoms with Crippen molar-refractivity contribution in [2.24, 2.45) is 0 Å². The zero-order valence-corrected chi connectivity index (χ0v) is 9.71. The molecule has 14 heavy (non-hydrogen) atoms. The van der Waals surface area contributed by atoms with Crippen LogP contribution < -0.4 is 4.74 Å². The van der Waals surface area contributed by atoms with Crippen LogP contribution in [0.25, 0.3) is 0 Å². The molecular weight excluding hydrogens is 244 g/mol. The molecule has 0 radical (unpaired) electrons. The Morgan fingerprint density at radius 2 is 2.00 bits per heavy atom. The SMILES string of the molecule is Cc1ccc(OCCC(=O)CBr)cc1. The minimum absolute atomic E-state index is 0.164. The Morgan fingerprint density at radius 1 is 1.36 bits per heavy atom. The van der Waals surface area contributed by atoms with Crippen LogP contribution in [-0.4, -0.2) is 17.7 Å². The minimum atomic E-state index is 0.164. The fourth-order valence-corrected chi connectivity index (χ4v) is 1.26. The fourth-order valence-electron chi connectivity index (χ4n) is 0.984. The van der Waals surface area contributed by atoms with E-state index in [1.54, 1.807) is 0 Å². The summed E-state index contributed by atoms with van der Waals surface area (Å²) in [6.07, 6.45) is 0.457. The van der Waals surface area contributed by atoms with Crippen molar-refractivity contribution in [1.82, 2.24) is 0 Å². The number of carbonyl (C=O) groups excluding carboxylic acids is 1. The van der Waals surface area contributed by atoms with Gasteiger partial charge in [0, 0.05) is 6.42 Å². The van der Waals surface area contributed by atoms with Crippen LogP contribution in [0.15, 0.2) is 24.3 Å². The first-order chi connectivity index (χ1) is 6.72. The van der Waals surface area contributed by atoms with E-state index in [1.807, 2.05) is 31.2 Å². The topological polar surface area (TPSA) is 26.3 Å². The van der Waals surface area contributed by atoms with E-state index in [1.165, 1.54) is 5.56 Å². The first-order valence-corrected chi connectivity index (χ1v) is 5.61. The van der Waals surface area contributed by atoms with Crippen LogP contribution in [0.5, 0.6) is 5.75 Å². The van der Waals surface area contributed by atoms with Gasteiger partial charge in [-0.3, -0.25) is 4.79 Å². The average molecular weight is 257 g/mol. The molecule has 1 aromatic rings. The van der Waals surface area contributed by atoms with Crippen LogP contribution in [0.3, 0.4) is 0 Å². The lowest BCUT2D eigenvalue weighted by Crippen LogP contribution is -2.06. The van der Waals surface area contributed by atoms with Crippen molar-refractivity contribution in [3.63, 3.8) is 0 Å². The van der Waals surface area contributed by atoms with Crippen LogP contribution in [0.4, 0.5) is 0 Å². The van der Waals surface area contributed by atoms with Crippen molar-refractivity contribution in [3.05, 3.63) is 29.8 Å². The summed E-state index contributed by atoms with van der Waals surface area (Å²) in [5.74, 6) is 0.982. The molecule has 0 spiro atoms. The first kappa shape index (κ1) is 11.2. The summed E-state index contributed by atoms with van der Waals surface area (Å²) in [6, 6.07) is 7.80. The molecular formula is C11H13BrO2. The second-order valence-corrected chi connectivity index (χ2v) is 3.64. The van der Waals surface area contributed by atoms with Crippen LogP contribution in [0.1, 0.15) is 12.0 Å². The summed E-state index contributed by atoms with van der Waals surface area (Å²) in [5, 5.41) is 0.407. The van der Waals surface area contributed by atoms with E-state index in [0.29, 0.717) is 18.4 Å².